The molecule has 0 bridgehead atoms. The zero-order valence-corrected chi connectivity index (χ0v) is 8.65. The summed E-state index contributed by atoms with van der Waals surface area (Å²) in [5, 5.41) is 0. The van der Waals surface area contributed by atoms with E-state index in [4.69, 9.17) is 0 Å². The first-order valence-corrected chi connectivity index (χ1v) is 4.57. The Hall–Kier alpha value is -1.10. The Morgan fingerprint density at radius 3 is 2.50 bits per heavy atom. The first kappa shape index (κ1) is 11.0. The predicted octanol–water partition coefficient (Wildman–Crippen LogP) is -0.205. The molecule has 0 radical (unpaired) electrons. The van der Waals surface area contributed by atoms with Crippen LogP contribution in [-0.4, -0.2) is 49.7 Å². The van der Waals surface area contributed by atoms with Crippen molar-refractivity contribution >= 4 is 11.9 Å². The van der Waals surface area contributed by atoms with Crippen molar-refractivity contribution in [1.82, 2.24) is 4.90 Å². The third-order valence-electron chi connectivity index (χ3n) is 2.38. The second-order valence-electron chi connectivity index (χ2n) is 3.18. The highest BCUT2D eigenvalue weighted by Crippen LogP contribution is 2.24. The molecule has 0 aromatic rings. The first-order valence-electron chi connectivity index (χ1n) is 4.57. The number of carbonyl (C=O) groups is 2. The largest absolute Gasteiger partial charge is 0.468 e. The van der Waals surface area contributed by atoms with Gasteiger partial charge in [-0.2, -0.15) is 0 Å². The summed E-state index contributed by atoms with van der Waals surface area (Å²) < 4.78 is 9.21. The molecule has 1 saturated heterocycles. The van der Waals surface area contributed by atoms with Crippen LogP contribution < -0.4 is 0 Å². The highest BCUT2D eigenvalue weighted by molar-refractivity contribution is 5.82. The smallest absolute Gasteiger partial charge is 0.324 e. The van der Waals surface area contributed by atoms with Crippen LogP contribution in [0.25, 0.3) is 0 Å². The second-order valence-corrected chi connectivity index (χ2v) is 3.18. The maximum Gasteiger partial charge on any atom is 0.324 e. The molecule has 0 N–H and O–H groups in total. The minimum Gasteiger partial charge on any atom is -0.468 e. The molecule has 0 aliphatic carbocycles. The van der Waals surface area contributed by atoms with E-state index in [2.05, 4.69) is 9.47 Å². The maximum atomic E-state index is 11.3. The van der Waals surface area contributed by atoms with E-state index in [1.54, 1.807) is 4.90 Å². The van der Waals surface area contributed by atoms with Crippen LogP contribution >= 0.6 is 0 Å². The molecule has 1 unspecified atom stereocenters. The minimum atomic E-state index is -0.316. The van der Waals surface area contributed by atoms with Crippen LogP contribution in [0.3, 0.4) is 0 Å². The van der Waals surface area contributed by atoms with E-state index in [9.17, 15) is 9.59 Å². The van der Waals surface area contributed by atoms with E-state index in [0.717, 1.165) is 0 Å². The number of ether oxygens (including phenoxy) is 2. The summed E-state index contributed by atoms with van der Waals surface area (Å²) in [7, 11) is 2.69. The molecule has 3 atom stereocenters. The Balaban J connectivity index is 2.50. The fourth-order valence-electron chi connectivity index (χ4n) is 1.52. The van der Waals surface area contributed by atoms with Crippen LogP contribution in [-0.2, 0) is 19.1 Å². The molecule has 80 valence electrons. The van der Waals surface area contributed by atoms with Gasteiger partial charge < -0.3 is 9.47 Å². The molecule has 1 heterocycles. The van der Waals surface area contributed by atoms with E-state index < -0.39 is 0 Å². The van der Waals surface area contributed by atoms with E-state index in [1.807, 2.05) is 6.92 Å². The molecule has 0 saturated carbocycles. The molecular formula is C9H15NO4. The molecule has 5 nitrogen and oxygen atoms in total. The van der Waals surface area contributed by atoms with Crippen LogP contribution in [0, 0.1) is 0 Å². The Labute approximate surface area is 83.0 Å². The van der Waals surface area contributed by atoms with Crippen LogP contribution in [0.2, 0.25) is 0 Å². The Bertz CT molecular complexity index is 241. The van der Waals surface area contributed by atoms with Gasteiger partial charge in [-0.05, 0) is 6.42 Å². The predicted molar refractivity (Wildman–Crippen MR) is 48.6 cm³/mol. The van der Waals surface area contributed by atoms with Gasteiger partial charge in [0, 0.05) is 6.54 Å². The molecule has 1 aliphatic heterocycles. The molecule has 1 fully saturated rings. The first-order chi connectivity index (χ1) is 6.65. The van der Waals surface area contributed by atoms with Crippen LogP contribution in [0.4, 0.5) is 0 Å². The van der Waals surface area contributed by atoms with Gasteiger partial charge in [0.1, 0.15) is 12.1 Å². The SMILES string of the molecule is CC[C@H](C(=O)OC)N1C[C@@H]1C(=O)OC. The van der Waals surface area contributed by atoms with E-state index in [-0.39, 0.29) is 24.0 Å². The third-order valence-corrected chi connectivity index (χ3v) is 2.38. The molecule has 0 spiro atoms. The van der Waals surface area contributed by atoms with Gasteiger partial charge in [-0.25, -0.2) is 0 Å². The highest BCUT2D eigenvalue weighted by Gasteiger charge is 2.47. The van der Waals surface area contributed by atoms with Crippen molar-refractivity contribution in [3.05, 3.63) is 0 Å². The minimum absolute atomic E-state index is 0.260. The van der Waals surface area contributed by atoms with E-state index in [0.29, 0.717) is 13.0 Å². The zero-order valence-electron chi connectivity index (χ0n) is 8.65. The standard InChI is InChI=1S/C9H15NO4/c1-4-6(8(11)13-2)10-5-7(10)9(12)14-3/h6-7H,4-5H2,1-3H3/t6-,7-,10?/m1/s1. The van der Waals surface area contributed by atoms with E-state index >= 15 is 0 Å². The summed E-state index contributed by atoms with van der Waals surface area (Å²) in [4.78, 5) is 24.1. The summed E-state index contributed by atoms with van der Waals surface area (Å²) >= 11 is 0. The topological polar surface area (TPSA) is 55.6 Å². The zero-order chi connectivity index (χ0) is 10.7. The molecule has 0 aromatic carbocycles. The van der Waals surface area contributed by atoms with Gasteiger partial charge in [-0.1, -0.05) is 6.92 Å². The quantitative estimate of drug-likeness (QED) is 0.465. The van der Waals surface area contributed by atoms with Crippen molar-refractivity contribution < 1.29 is 19.1 Å². The van der Waals surface area contributed by atoms with Gasteiger partial charge in [0.25, 0.3) is 0 Å². The van der Waals surface area contributed by atoms with Gasteiger partial charge in [0.2, 0.25) is 0 Å². The molecule has 14 heavy (non-hydrogen) atoms. The van der Waals surface area contributed by atoms with Gasteiger partial charge in [-0.15, -0.1) is 0 Å². The Morgan fingerprint density at radius 1 is 1.43 bits per heavy atom. The average molecular weight is 201 g/mol. The molecule has 1 aliphatic rings. The highest BCUT2D eigenvalue weighted by atomic mass is 16.5. The second kappa shape index (κ2) is 4.41. The lowest BCUT2D eigenvalue weighted by Gasteiger charge is -2.13. The fraction of sp³-hybridized carbons (Fsp3) is 0.778. The fourth-order valence-corrected chi connectivity index (χ4v) is 1.52. The maximum absolute atomic E-state index is 11.3. The van der Waals surface area contributed by atoms with Crippen molar-refractivity contribution in [2.24, 2.45) is 0 Å². The van der Waals surface area contributed by atoms with Crippen LogP contribution in [0.1, 0.15) is 13.3 Å². The average Bonchev–Trinajstić information content (AvgIpc) is 2.97. The van der Waals surface area contributed by atoms with Gasteiger partial charge in [0.05, 0.1) is 14.2 Å². The lowest BCUT2D eigenvalue weighted by Crippen LogP contribution is -2.32. The van der Waals surface area contributed by atoms with Crippen molar-refractivity contribution in [3.8, 4) is 0 Å². The molecular weight excluding hydrogens is 186 g/mol. The molecule has 1 rings (SSSR count). The third kappa shape index (κ3) is 2.04. The molecule has 0 amide bonds. The van der Waals surface area contributed by atoms with Gasteiger partial charge >= 0.3 is 11.9 Å². The van der Waals surface area contributed by atoms with Gasteiger partial charge in [0.15, 0.2) is 0 Å². The van der Waals surface area contributed by atoms with Crippen molar-refractivity contribution in [3.63, 3.8) is 0 Å². The monoisotopic (exact) mass is 201 g/mol. The molecule has 0 aromatic heterocycles. The number of nitrogens with zero attached hydrogens (tertiary/aromatic N) is 1. The normalized spacial score (nSPS) is 26.5. The number of methoxy groups -OCH3 is 2. The van der Waals surface area contributed by atoms with Crippen LogP contribution in [0.15, 0.2) is 0 Å². The summed E-state index contributed by atoms with van der Waals surface area (Å²) in [6.07, 6.45) is 0.639. The van der Waals surface area contributed by atoms with Crippen LogP contribution in [0.5, 0.6) is 0 Å². The number of esters is 2. The number of rotatable bonds is 4. The lowest BCUT2D eigenvalue weighted by molar-refractivity contribution is -0.146. The summed E-state index contributed by atoms with van der Waals surface area (Å²) in [5.41, 5.74) is 0. The van der Waals surface area contributed by atoms with Crippen molar-refractivity contribution in [1.29, 1.82) is 0 Å². The number of hydrogen-bond acceptors (Lipinski definition) is 5. The Morgan fingerprint density at radius 2 is 2.07 bits per heavy atom. The van der Waals surface area contributed by atoms with Crippen molar-refractivity contribution in [2.75, 3.05) is 20.8 Å². The molecule has 5 heteroatoms. The summed E-state index contributed by atoms with van der Waals surface area (Å²) in [6.45, 7) is 2.47. The summed E-state index contributed by atoms with van der Waals surface area (Å²) in [5.74, 6) is -0.578. The van der Waals surface area contributed by atoms with Gasteiger partial charge in [-0.3, -0.25) is 14.5 Å². The summed E-state index contributed by atoms with van der Waals surface area (Å²) in [6, 6.07) is -0.576. The van der Waals surface area contributed by atoms with E-state index in [1.165, 1.54) is 14.2 Å². The number of carbonyl (C=O) groups excluding carboxylic acids is 2. The lowest BCUT2D eigenvalue weighted by atomic mass is 10.2. The van der Waals surface area contributed by atoms with Crippen molar-refractivity contribution in [2.45, 2.75) is 25.4 Å². The number of hydrogen-bond donors (Lipinski definition) is 0. The Kier molecular flexibility index (Phi) is 3.46.